The van der Waals surface area contributed by atoms with Crippen molar-refractivity contribution in [1.29, 1.82) is 0 Å². The van der Waals surface area contributed by atoms with Gasteiger partial charge in [0.1, 0.15) is 5.82 Å². The fraction of sp³-hybridized carbons (Fsp3) is 0.167. The SMILES string of the molecule is Cn1ccc(-n2c(CCl)nc3cc(Br)ccc32)n1. The molecule has 4 nitrogen and oxygen atoms in total. The van der Waals surface area contributed by atoms with Crippen LogP contribution in [0.1, 0.15) is 5.82 Å². The molecule has 0 amide bonds. The average Bonchev–Trinajstić information content (AvgIpc) is 2.91. The van der Waals surface area contributed by atoms with E-state index in [4.69, 9.17) is 11.6 Å². The molecule has 0 aliphatic carbocycles. The van der Waals surface area contributed by atoms with Crippen LogP contribution in [0.2, 0.25) is 0 Å². The van der Waals surface area contributed by atoms with Gasteiger partial charge in [-0.25, -0.2) is 4.98 Å². The third kappa shape index (κ3) is 1.83. The fourth-order valence-corrected chi connectivity index (χ4v) is 2.50. The summed E-state index contributed by atoms with van der Waals surface area (Å²) in [6.45, 7) is 0. The maximum absolute atomic E-state index is 5.97. The van der Waals surface area contributed by atoms with Gasteiger partial charge in [0, 0.05) is 23.8 Å². The summed E-state index contributed by atoms with van der Waals surface area (Å²) in [5.41, 5.74) is 1.92. The molecule has 0 aliphatic rings. The molecular formula is C12H10BrClN4. The molecule has 0 unspecified atom stereocenters. The number of benzene rings is 1. The Kier molecular flexibility index (Phi) is 2.87. The van der Waals surface area contributed by atoms with Crippen LogP contribution in [0.5, 0.6) is 0 Å². The Labute approximate surface area is 117 Å². The Balaban J connectivity index is 2.32. The van der Waals surface area contributed by atoms with Gasteiger partial charge in [0.05, 0.1) is 16.9 Å². The van der Waals surface area contributed by atoms with E-state index in [9.17, 15) is 0 Å². The number of hydrogen-bond acceptors (Lipinski definition) is 2. The van der Waals surface area contributed by atoms with Crippen LogP contribution in [0.25, 0.3) is 16.9 Å². The molecule has 3 rings (SSSR count). The lowest BCUT2D eigenvalue weighted by atomic mass is 10.3. The normalized spacial score (nSPS) is 11.3. The van der Waals surface area contributed by atoms with Crippen LogP contribution in [-0.4, -0.2) is 19.3 Å². The van der Waals surface area contributed by atoms with Gasteiger partial charge in [-0.2, -0.15) is 5.10 Å². The monoisotopic (exact) mass is 324 g/mol. The summed E-state index contributed by atoms with van der Waals surface area (Å²) in [4.78, 5) is 4.53. The molecule has 0 N–H and O–H groups in total. The minimum atomic E-state index is 0.350. The lowest BCUT2D eigenvalue weighted by Crippen LogP contribution is -2.01. The Morgan fingerprint density at radius 1 is 1.33 bits per heavy atom. The molecule has 0 saturated heterocycles. The summed E-state index contributed by atoms with van der Waals surface area (Å²) < 4.78 is 4.74. The zero-order valence-corrected chi connectivity index (χ0v) is 12.0. The van der Waals surface area contributed by atoms with Gasteiger partial charge in [-0.3, -0.25) is 9.25 Å². The summed E-state index contributed by atoms with van der Waals surface area (Å²) in [6.07, 6.45) is 1.90. The van der Waals surface area contributed by atoms with Crippen molar-refractivity contribution in [3.05, 3.63) is 40.8 Å². The Morgan fingerprint density at radius 2 is 2.17 bits per heavy atom. The van der Waals surface area contributed by atoms with E-state index in [0.717, 1.165) is 27.1 Å². The maximum atomic E-state index is 5.97. The molecular weight excluding hydrogens is 316 g/mol. The molecule has 6 heteroatoms. The van der Waals surface area contributed by atoms with E-state index < -0.39 is 0 Å². The number of rotatable bonds is 2. The van der Waals surface area contributed by atoms with Crippen molar-refractivity contribution in [2.24, 2.45) is 7.05 Å². The van der Waals surface area contributed by atoms with Crippen molar-refractivity contribution in [1.82, 2.24) is 19.3 Å². The summed E-state index contributed by atoms with van der Waals surface area (Å²) >= 11 is 9.42. The van der Waals surface area contributed by atoms with Gasteiger partial charge in [-0.15, -0.1) is 11.6 Å². The van der Waals surface area contributed by atoms with E-state index >= 15 is 0 Å². The number of aryl methyl sites for hydroxylation is 1. The van der Waals surface area contributed by atoms with Crippen LogP contribution in [0.15, 0.2) is 34.9 Å². The van der Waals surface area contributed by atoms with Crippen molar-refractivity contribution in [3.63, 3.8) is 0 Å². The number of hydrogen-bond donors (Lipinski definition) is 0. The van der Waals surface area contributed by atoms with Gasteiger partial charge in [0.25, 0.3) is 0 Å². The first-order valence-electron chi connectivity index (χ1n) is 5.42. The predicted octanol–water partition coefficient (Wildman–Crippen LogP) is 3.26. The molecule has 0 bridgehead atoms. The van der Waals surface area contributed by atoms with Gasteiger partial charge in [-0.05, 0) is 18.2 Å². The summed E-state index contributed by atoms with van der Waals surface area (Å²) in [7, 11) is 1.89. The van der Waals surface area contributed by atoms with Gasteiger partial charge in [0.15, 0.2) is 5.82 Å². The second kappa shape index (κ2) is 4.40. The highest BCUT2D eigenvalue weighted by Gasteiger charge is 2.13. The van der Waals surface area contributed by atoms with Crippen molar-refractivity contribution in [2.75, 3.05) is 0 Å². The van der Waals surface area contributed by atoms with Crippen LogP contribution in [0.3, 0.4) is 0 Å². The van der Waals surface area contributed by atoms with E-state index in [1.807, 2.05) is 42.1 Å². The van der Waals surface area contributed by atoms with E-state index in [1.165, 1.54) is 0 Å². The molecule has 92 valence electrons. The van der Waals surface area contributed by atoms with Crippen LogP contribution in [0, 0.1) is 0 Å². The van der Waals surface area contributed by atoms with Crippen LogP contribution >= 0.6 is 27.5 Å². The molecule has 0 spiro atoms. The molecule has 0 fully saturated rings. The van der Waals surface area contributed by atoms with E-state index in [0.29, 0.717) is 5.88 Å². The van der Waals surface area contributed by atoms with E-state index in [2.05, 4.69) is 26.0 Å². The standard InChI is InChI=1S/C12H10BrClN4/c1-17-5-4-11(16-17)18-10-3-2-8(13)6-9(10)15-12(18)7-14/h2-6H,7H2,1H3. The zero-order chi connectivity index (χ0) is 12.7. The van der Waals surface area contributed by atoms with Gasteiger partial charge >= 0.3 is 0 Å². The quantitative estimate of drug-likeness (QED) is 0.678. The first-order chi connectivity index (χ1) is 8.69. The molecule has 1 aromatic carbocycles. The molecule has 0 radical (unpaired) electrons. The molecule has 18 heavy (non-hydrogen) atoms. The van der Waals surface area contributed by atoms with Crippen LogP contribution in [-0.2, 0) is 12.9 Å². The van der Waals surface area contributed by atoms with Gasteiger partial charge in [0.2, 0.25) is 0 Å². The average molecular weight is 326 g/mol. The van der Waals surface area contributed by atoms with E-state index in [1.54, 1.807) is 4.68 Å². The van der Waals surface area contributed by atoms with Crippen LogP contribution in [0.4, 0.5) is 0 Å². The number of alkyl halides is 1. The molecule has 3 aromatic rings. The van der Waals surface area contributed by atoms with Crippen molar-refractivity contribution in [2.45, 2.75) is 5.88 Å². The third-order valence-electron chi connectivity index (χ3n) is 2.73. The predicted molar refractivity (Wildman–Crippen MR) is 75.1 cm³/mol. The number of fused-ring (bicyclic) bond motifs is 1. The van der Waals surface area contributed by atoms with Crippen molar-refractivity contribution >= 4 is 38.6 Å². The fourth-order valence-electron chi connectivity index (χ4n) is 1.97. The second-order valence-electron chi connectivity index (χ2n) is 3.98. The molecule has 0 atom stereocenters. The largest absolute Gasteiger partial charge is 0.278 e. The first-order valence-corrected chi connectivity index (χ1v) is 6.74. The highest BCUT2D eigenvalue weighted by atomic mass is 79.9. The van der Waals surface area contributed by atoms with E-state index in [-0.39, 0.29) is 0 Å². The van der Waals surface area contributed by atoms with Gasteiger partial charge < -0.3 is 0 Å². The molecule has 0 aliphatic heterocycles. The van der Waals surface area contributed by atoms with Crippen LogP contribution < -0.4 is 0 Å². The number of imidazole rings is 1. The molecule has 2 heterocycles. The topological polar surface area (TPSA) is 35.6 Å². The zero-order valence-electron chi connectivity index (χ0n) is 9.64. The molecule has 2 aromatic heterocycles. The minimum Gasteiger partial charge on any atom is -0.278 e. The number of aromatic nitrogens is 4. The van der Waals surface area contributed by atoms with Crippen molar-refractivity contribution in [3.8, 4) is 5.82 Å². The smallest absolute Gasteiger partial charge is 0.160 e. The highest BCUT2D eigenvalue weighted by molar-refractivity contribution is 9.10. The minimum absolute atomic E-state index is 0.350. The summed E-state index contributed by atoms with van der Waals surface area (Å²) in [5, 5.41) is 4.40. The second-order valence-corrected chi connectivity index (χ2v) is 5.16. The Morgan fingerprint density at radius 3 is 2.83 bits per heavy atom. The molecule has 0 saturated carbocycles. The highest BCUT2D eigenvalue weighted by Crippen LogP contribution is 2.24. The Hall–Kier alpha value is -1.33. The Bertz CT molecular complexity index is 716. The maximum Gasteiger partial charge on any atom is 0.160 e. The first kappa shape index (κ1) is 11.7. The number of nitrogens with zero attached hydrogens (tertiary/aromatic N) is 4. The van der Waals surface area contributed by atoms with Gasteiger partial charge in [-0.1, -0.05) is 15.9 Å². The lowest BCUT2D eigenvalue weighted by molar-refractivity contribution is 0.749. The number of halogens is 2. The lowest BCUT2D eigenvalue weighted by Gasteiger charge is -2.03. The summed E-state index contributed by atoms with van der Waals surface area (Å²) in [5.74, 6) is 1.98. The summed E-state index contributed by atoms with van der Waals surface area (Å²) in [6, 6.07) is 7.92. The van der Waals surface area contributed by atoms with Crippen molar-refractivity contribution < 1.29 is 0 Å². The third-order valence-corrected chi connectivity index (χ3v) is 3.47.